The van der Waals surface area contributed by atoms with Crippen molar-refractivity contribution in [3.63, 3.8) is 0 Å². The highest BCUT2D eigenvalue weighted by Crippen LogP contribution is 2.51. The molecule has 1 aliphatic rings. The van der Waals surface area contributed by atoms with E-state index in [2.05, 4.69) is 5.16 Å². The van der Waals surface area contributed by atoms with Gasteiger partial charge in [0.2, 0.25) is 0 Å². The summed E-state index contributed by atoms with van der Waals surface area (Å²) in [5.74, 6) is 0. The zero-order valence-electron chi connectivity index (χ0n) is 14.2. The number of oxime groups is 1. The predicted octanol–water partition coefficient (Wildman–Crippen LogP) is 3.79. The second kappa shape index (κ2) is 9.23. The molecular weight excluding hydrogens is 366 g/mol. The SMILES string of the molecule is CCN(CC)SN(C)C(=O)ON=C1SC(=C(C#N)C#N)SC1(C)C. The van der Waals surface area contributed by atoms with Crippen molar-refractivity contribution in [2.24, 2.45) is 5.16 Å². The zero-order valence-corrected chi connectivity index (χ0v) is 16.6. The molecule has 1 fully saturated rings. The van der Waals surface area contributed by atoms with E-state index >= 15 is 0 Å². The van der Waals surface area contributed by atoms with Gasteiger partial charge in [-0.05, 0) is 13.8 Å². The van der Waals surface area contributed by atoms with Crippen LogP contribution in [0.15, 0.2) is 15.0 Å². The van der Waals surface area contributed by atoms with E-state index in [1.165, 1.54) is 40.0 Å². The van der Waals surface area contributed by atoms with Crippen LogP contribution in [0, 0.1) is 22.7 Å². The van der Waals surface area contributed by atoms with Crippen LogP contribution in [-0.2, 0) is 4.84 Å². The van der Waals surface area contributed by atoms with Gasteiger partial charge in [0, 0.05) is 32.3 Å². The molecule has 0 aromatic heterocycles. The largest absolute Gasteiger partial charge is 0.446 e. The Bertz CT molecular complexity index is 613. The number of nitrogens with zero attached hydrogens (tertiary/aromatic N) is 5. The summed E-state index contributed by atoms with van der Waals surface area (Å²) in [6.07, 6.45) is -0.584. The second-order valence-corrected chi connectivity index (χ2v) is 9.17. The molecule has 1 saturated heterocycles. The Morgan fingerprint density at radius 3 is 2.42 bits per heavy atom. The predicted molar refractivity (Wildman–Crippen MR) is 99.7 cm³/mol. The number of allylic oxidation sites excluding steroid dienone is 1. The summed E-state index contributed by atoms with van der Waals surface area (Å²) in [7, 11) is 1.61. The molecular formula is C14H19N5O2S3. The molecule has 130 valence electrons. The molecule has 0 atom stereocenters. The highest BCUT2D eigenvalue weighted by Gasteiger charge is 2.39. The number of hydrogen-bond acceptors (Lipinski definition) is 9. The lowest BCUT2D eigenvalue weighted by Gasteiger charge is -2.22. The number of thioether (sulfide) groups is 2. The first-order chi connectivity index (χ1) is 11.3. The molecule has 1 amide bonds. The van der Waals surface area contributed by atoms with Crippen LogP contribution in [-0.4, -0.2) is 44.6 Å². The minimum atomic E-state index is -0.584. The van der Waals surface area contributed by atoms with Gasteiger partial charge in [0.05, 0.1) is 8.98 Å². The van der Waals surface area contributed by atoms with E-state index in [4.69, 9.17) is 15.4 Å². The van der Waals surface area contributed by atoms with Crippen molar-refractivity contribution in [2.75, 3.05) is 20.1 Å². The normalized spacial score (nSPS) is 17.5. The number of carbonyl (C=O) groups is 1. The number of amides is 1. The van der Waals surface area contributed by atoms with Gasteiger partial charge < -0.3 is 0 Å². The lowest BCUT2D eigenvalue weighted by atomic mass is 10.2. The third-order valence-electron chi connectivity index (χ3n) is 2.89. The zero-order chi connectivity index (χ0) is 18.3. The van der Waals surface area contributed by atoms with E-state index in [0.29, 0.717) is 9.28 Å². The van der Waals surface area contributed by atoms with Gasteiger partial charge >= 0.3 is 6.09 Å². The average Bonchev–Trinajstić information content (AvgIpc) is 2.85. The maximum atomic E-state index is 12.0. The minimum Gasteiger partial charge on any atom is -0.296 e. The van der Waals surface area contributed by atoms with Crippen LogP contribution in [0.3, 0.4) is 0 Å². The first-order valence-electron chi connectivity index (χ1n) is 7.16. The highest BCUT2D eigenvalue weighted by molar-refractivity contribution is 8.35. The molecule has 0 aromatic rings. The molecule has 0 radical (unpaired) electrons. The van der Waals surface area contributed by atoms with Crippen molar-refractivity contribution in [1.82, 2.24) is 8.61 Å². The molecule has 0 aromatic carbocycles. The molecule has 0 N–H and O–H groups in total. The van der Waals surface area contributed by atoms with Crippen molar-refractivity contribution < 1.29 is 9.63 Å². The van der Waals surface area contributed by atoms with Gasteiger partial charge in [0.1, 0.15) is 22.8 Å². The van der Waals surface area contributed by atoms with Crippen LogP contribution >= 0.6 is 35.7 Å². The molecule has 0 unspecified atom stereocenters. The molecule has 0 bridgehead atoms. The average molecular weight is 386 g/mol. The fourth-order valence-corrected chi connectivity index (χ4v) is 4.96. The lowest BCUT2D eigenvalue weighted by Crippen LogP contribution is -2.28. The smallest absolute Gasteiger partial charge is 0.296 e. The van der Waals surface area contributed by atoms with E-state index in [1.54, 1.807) is 7.05 Å². The van der Waals surface area contributed by atoms with Gasteiger partial charge in [0.15, 0.2) is 0 Å². The molecule has 1 aliphatic heterocycles. The van der Waals surface area contributed by atoms with Crippen LogP contribution in [0.5, 0.6) is 0 Å². The van der Waals surface area contributed by atoms with Crippen molar-refractivity contribution in [2.45, 2.75) is 32.4 Å². The van der Waals surface area contributed by atoms with Gasteiger partial charge in [-0.2, -0.15) is 10.5 Å². The molecule has 0 spiro atoms. The van der Waals surface area contributed by atoms with Crippen LogP contribution in [0.2, 0.25) is 0 Å². The first kappa shape index (κ1) is 20.7. The second-order valence-electron chi connectivity index (χ2n) is 5.05. The molecule has 0 aliphatic carbocycles. The van der Waals surface area contributed by atoms with Gasteiger partial charge in [-0.1, -0.05) is 30.8 Å². The Balaban J connectivity index is 2.80. The Kier molecular flexibility index (Phi) is 7.97. The van der Waals surface area contributed by atoms with Crippen LogP contribution in [0.4, 0.5) is 4.79 Å². The van der Waals surface area contributed by atoms with E-state index < -0.39 is 10.8 Å². The maximum absolute atomic E-state index is 12.0. The molecule has 7 nitrogen and oxygen atoms in total. The van der Waals surface area contributed by atoms with Gasteiger partial charge in [0.25, 0.3) is 0 Å². The van der Waals surface area contributed by atoms with Crippen molar-refractivity contribution in [3.05, 3.63) is 9.81 Å². The molecule has 24 heavy (non-hydrogen) atoms. The first-order valence-corrected chi connectivity index (χ1v) is 9.52. The number of hydrogen-bond donors (Lipinski definition) is 0. The standard InChI is InChI=1S/C14H19N5O2S3/c1-6-19(7-2)24-18(5)13(20)21-17-12-14(3,4)23-11(22-12)10(8-15)9-16/h6-7H2,1-5H3. The molecule has 0 saturated carbocycles. The Morgan fingerprint density at radius 1 is 1.33 bits per heavy atom. The van der Waals surface area contributed by atoms with Crippen molar-refractivity contribution in [3.8, 4) is 12.1 Å². The monoisotopic (exact) mass is 385 g/mol. The quantitative estimate of drug-likeness (QED) is 0.305. The summed E-state index contributed by atoms with van der Waals surface area (Å²) in [6.45, 7) is 9.38. The third-order valence-corrected chi connectivity index (χ3v) is 6.92. The number of rotatable bonds is 5. The topological polar surface area (TPSA) is 92.7 Å². The van der Waals surface area contributed by atoms with Gasteiger partial charge in [-0.15, -0.1) is 11.8 Å². The van der Waals surface area contributed by atoms with Crippen molar-refractivity contribution in [1.29, 1.82) is 10.5 Å². The van der Waals surface area contributed by atoms with Crippen LogP contribution in [0.25, 0.3) is 0 Å². The van der Waals surface area contributed by atoms with E-state index in [1.807, 2.05) is 44.1 Å². The highest BCUT2D eigenvalue weighted by atomic mass is 32.2. The van der Waals surface area contributed by atoms with E-state index in [0.717, 1.165) is 13.1 Å². The summed E-state index contributed by atoms with van der Waals surface area (Å²) < 4.78 is 3.46. The molecule has 1 heterocycles. The summed E-state index contributed by atoms with van der Waals surface area (Å²) in [4.78, 5) is 17.0. The third kappa shape index (κ3) is 5.35. The summed E-state index contributed by atoms with van der Waals surface area (Å²) in [6, 6.07) is 3.73. The summed E-state index contributed by atoms with van der Waals surface area (Å²) in [5, 5.41) is 22.4. The Hall–Kier alpha value is -1.33. The Labute approximate surface area is 155 Å². The number of nitriles is 2. The van der Waals surface area contributed by atoms with E-state index in [-0.39, 0.29) is 5.57 Å². The van der Waals surface area contributed by atoms with Crippen LogP contribution < -0.4 is 0 Å². The lowest BCUT2D eigenvalue weighted by molar-refractivity contribution is 0.136. The van der Waals surface area contributed by atoms with Crippen LogP contribution in [0.1, 0.15) is 27.7 Å². The van der Waals surface area contributed by atoms with Gasteiger partial charge in [-0.25, -0.2) is 13.4 Å². The minimum absolute atomic E-state index is 0.0452. The summed E-state index contributed by atoms with van der Waals surface area (Å²) in [5.41, 5.74) is 0.0452. The summed E-state index contributed by atoms with van der Waals surface area (Å²) >= 11 is 3.81. The molecule has 10 heteroatoms. The fraction of sp³-hybridized carbons (Fsp3) is 0.571. The van der Waals surface area contributed by atoms with Gasteiger partial charge in [-0.3, -0.25) is 4.84 Å². The van der Waals surface area contributed by atoms with Crippen molar-refractivity contribution >= 4 is 46.8 Å². The number of carbonyl (C=O) groups excluding carboxylic acids is 1. The Morgan fingerprint density at radius 2 is 1.92 bits per heavy atom. The molecule has 1 rings (SSSR count). The fourth-order valence-electron chi connectivity index (χ4n) is 1.54. The van der Waals surface area contributed by atoms with E-state index in [9.17, 15) is 4.79 Å². The maximum Gasteiger partial charge on any atom is 0.446 e.